The number of nitrogens with one attached hydrogen (secondary N) is 2. The van der Waals surface area contributed by atoms with Crippen LogP contribution in [0.15, 0.2) is 17.3 Å². The summed E-state index contributed by atoms with van der Waals surface area (Å²) in [5, 5.41) is 3.54. The Labute approximate surface area is 129 Å². The number of ether oxygens (including phenoxy) is 2. The first kappa shape index (κ1) is 17.4. The van der Waals surface area contributed by atoms with Crippen molar-refractivity contribution < 1.29 is 19.1 Å². The van der Waals surface area contributed by atoms with Crippen LogP contribution in [0, 0.1) is 0 Å². The second-order valence-electron chi connectivity index (χ2n) is 5.50. The first-order valence-corrected chi connectivity index (χ1v) is 7.76. The lowest BCUT2D eigenvalue weighted by molar-refractivity contribution is -0.143. The summed E-state index contributed by atoms with van der Waals surface area (Å²) >= 11 is 1.57. The molecule has 1 amide bonds. The zero-order chi connectivity index (χ0) is 16.0. The smallest absolute Gasteiger partial charge is 0.408 e. The number of esters is 1. The molecule has 7 heteroatoms. The van der Waals surface area contributed by atoms with Crippen molar-refractivity contribution in [1.29, 1.82) is 0 Å². The summed E-state index contributed by atoms with van der Waals surface area (Å²) in [6.07, 6.45) is 3.45. The second-order valence-corrected chi connectivity index (χ2v) is 6.35. The summed E-state index contributed by atoms with van der Waals surface area (Å²) < 4.78 is 9.88. The molecule has 0 aliphatic carbocycles. The minimum Gasteiger partial charge on any atom is -0.467 e. The van der Waals surface area contributed by atoms with Crippen molar-refractivity contribution in [3.05, 3.63) is 17.8 Å². The van der Waals surface area contributed by atoms with Crippen LogP contribution < -0.4 is 5.32 Å². The van der Waals surface area contributed by atoms with Crippen LogP contribution in [0.5, 0.6) is 0 Å². The monoisotopic (exact) mass is 314 g/mol. The number of aromatic amines is 1. The molecule has 0 unspecified atom stereocenters. The largest absolute Gasteiger partial charge is 0.467 e. The van der Waals surface area contributed by atoms with Gasteiger partial charge in [-0.05, 0) is 38.7 Å². The van der Waals surface area contributed by atoms with Crippen LogP contribution in [0.4, 0.5) is 4.79 Å². The summed E-state index contributed by atoms with van der Waals surface area (Å²) in [5.74, 6) is -0.507. The SMILES string of the molecule is COC(=O)[C@H](Cc1c[nH]c(SC)c1)NC(=O)OC(C)(C)C. The fraction of sp³-hybridized carbons (Fsp3) is 0.571. The van der Waals surface area contributed by atoms with Crippen molar-refractivity contribution in [2.45, 2.75) is 43.9 Å². The summed E-state index contributed by atoms with van der Waals surface area (Å²) in [5.41, 5.74) is 0.288. The third-order valence-electron chi connectivity index (χ3n) is 2.55. The van der Waals surface area contributed by atoms with Gasteiger partial charge in [-0.25, -0.2) is 9.59 Å². The van der Waals surface area contributed by atoms with E-state index in [0.29, 0.717) is 6.42 Å². The van der Waals surface area contributed by atoms with Crippen LogP contribution in [0.1, 0.15) is 26.3 Å². The fourth-order valence-electron chi connectivity index (χ4n) is 1.67. The number of thioether (sulfide) groups is 1. The molecular formula is C14H22N2O4S. The molecule has 2 N–H and O–H groups in total. The van der Waals surface area contributed by atoms with Crippen LogP contribution in [-0.2, 0) is 20.7 Å². The van der Waals surface area contributed by atoms with Crippen LogP contribution in [0.2, 0.25) is 0 Å². The first-order valence-electron chi connectivity index (χ1n) is 6.54. The molecular weight excluding hydrogens is 292 g/mol. The van der Waals surface area contributed by atoms with E-state index in [1.807, 2.05) is 12.3 Å². The molecule has 6 nitrogen and oxygen atoms in total. The zero-order valence-corrected chi connectivity index (χ0v) is 13.8. The molecule has 0 bridgehead atoms. The predicted octanol–water partition coefficient (Wildman–Crippen LogP) is 2.35. The lowest BCUT2D eigenvalue weighted by Gasteiger charge is -2.22. The second kappa shape index (κ2) is 7.40. The van der Waals surface area contributed by atoms with Crippen molar-refractivity contribution in [3.63, 3.8) is 0 Å². The Hall–Kier alpha value is -1.63. The molecule has 1 atom stereocenters. The molecule has 0 spiro atoms. The highest BCUT2D eigenvalue weighted by atomic mass is 32.2. The maximum absolute atomic E-state index is 11.8. The lowest BCUT2D eigenvalue weighted by atomic mass is 10.1. The Bertz CT molecular complexity index is 493. The van der Waals surface area contributed by atoms with Crippen molar-refractivity contribution in [2.24, 2.45) is 0 Å². The molecule has 1 rings (SSSR count). The maximum Gasteiger partial charge on any atom is 0.408 e. The summed E-state index contributed by atoms with van der Waals surface area (Å²) in [4.78, 5) is 26.7. The number of hydrogen-bond acceptors (Lipinski definition) is 5. The minimum absolute atomic E-state index is 0.336. The van der Waals surface area contributed by atoms with E-state index < -0.39 is 23.7 Å². The standard InChI is InChI=1S/C14H22N2O4S/c1-14(2,3)20-13(18)16-10(12(17)19-4)6-9-7-11(21-5)15-8-9/h7-8,10,15H,6H2,1-5H3,(H,16,18)/t10-/m0/s1. The normalized spacial score (nSPS) is 12.6. The van der Waals surface area contributed by atoms with Gasteiger partial charge in [-0.15, -0.1) is 11.8 Å². The summed E-state index contributed by atoms with van der Waals surface area (Å²) in [6, 6.07) is 1.15. The third-order valence-corrected chi connectivity index (χ3v) is 3.23. The number of alkyl carbamates (subject to hydrolysis) is 1. The molecule has 0 aliphatic rings. The molecule has 0 radical (unpaired) electrons. The zero-order valence-electron chi connectivity index (χ0n) is 13.0. The van der Waals surface area contributed by atoms with E-state index in [9.17, 15) is 9.59 Å². The summed E-state index contributed by atoms with van der Waals surface area (Å²) in [7, 11) is 1.29. The van der Waals surface area contributed by atoms with Crippen molar-refractivity contribution in [3.8, 4) is 0 Å². The van der Waals surface area contributed by atoms with E-state index in [2.05, 4.69) is 10.3 Å². The van der Waals surface area contributed by atoms with Crippen molar-refractivity contribution in [2.75, 3.05) is 13.4 Å². The molecule has 0 aliphatic heterocycles. The highest BCUT2D eigenvalue weighted by Crippen LogP contribution is 2.16. The van der Waals surface area contributed by atoms with Gasteiger partial charge in [-0.1, -0.05) is 0 Å². The van der Waals surface area contributed by atoms with Gasteiger partial charge in [0.25, 0.3) is 0 Å². The van der Waals surface area contributed by atoms with E-state index in [1.165, 1.54) is 7.11 Å². The first-order chi connectivity index (χ1) is 9.75. The Morgan fingerprint density at radius 1 is 1.43 bits per heavy atom. The lowest BCUT2D eigenvalue weighted by Crippen LogP contribution is -2.45. The Balaban J connectivity index is 2.72. The molecule has 1 heterocycles. The van der Waals surface area contributed by atoms with Crippen LogP contribution >= 0.6 is 11.8 Å². The van der Waals surface area contributed by atoms with Gasteiger partial charge in [-0.2, -0.15) is 0 Å². The van der Waals surface area contributed by atoms with Crippen LogP contribution in [0.25, 0.3) is 0 Å². The van der Waals surface area contributed by atoms with E-state index in [-0.39, 0.29) is 0 Å². The van der Waals surface area contributed by atoms with E-state index in [1.54, 1.807) is 38.7 Å². The number of aromatic nitrogens is 1. The highest BCUT2D eigenvalue weighted by Gasteiger charge is 2.25. The number of hydrogen-bond donors (Lipinski definition) is 2. The number of carbonyl (C=O) groups is 2. The van der Waals surface area contributed by atoms with Gasteiger partial charge in [0.2, 0.25) is 0 Å². The maximum atomic E-state index is 11.8. The number of carbonyl (C=O) groups excluding carboxylic acids is 2. The quantitative estimate of drug-likeness (QED) is 0.644. The predicted molar refractivity (Wildman–Crippen MR) is 81.5 cm³/mol. The van der Waals surface area contributed by atoms with Crippen LogP contribution in [-0.4, -0.2) is 42.1 Å². The van der Waals surface area contributed by atoms with Gasteiger partial charge >= 0.3 is 12.1 Å². The molecule has 1 aromatic heterocycles. The Morgan fingerprint density at radius 3 is 2.57 bits per heavy atom. The summed E-state index contributed by atoms with van der Waals surface area (Å²) in [6.45, 7) is 5.28. The number of H-pyrrole nitrogens is 1. The Morgan fingerprint density at radius 2 is 2.10 bits per heavy atom. The molecule has 1 aromatic rings. The average molecular weight is 314 g/mol. The topological polar surface area (TPSA) is 80.4 Å². The van der Waals surface area contributed by atoms with E-state index in [0.717, 1.165) is 10.6 Å². The molecule has 118 valence electrons. The number of rotatable bonds is 5. The Kier molecular flexibility index (Phi) is 6.14. The van der Waals surface area contributed by atoms with E-state index in [4.69, 9.17) is 9.47 Å². The fourth-order valence-corrected chi connectivity index (χ4v) is 2.12. The minimum atomic E-state index is -0.782. The van der Waals surface area contributed by atoms with Crippen molar-refractivity contribution in [1.82, 2.24) is 10.3 Å². The molecule has 0 aromatic carbocycles. The highest BCUT2D eigenvalue weighted by molar-refractivity contribution is 7.98. The van der Waals surface area contributed by atoms with Gasteiger partial charge in [0.05, 0.1) is 12.1 Å². The van der Waals surface area contributed by atoms with Gasteiger partial charge in [0.15, 0.2) is 0 Å². The molecule has 0 saturated heterocycles. The number of amides is 1. The van der Waals surface area contributed by atoms with Crippen molar-refractivity contribution >= 4 is 23.8 Å². The average Bonchev–Trinajstić information content (AvgIpc) is 2.82. The van der Waals surface area contributed by atoms with Gasteiger partial charge in [-0.3, -0.25) is 0 Å². The van der Waals surface area contributed by atoms with E-state index >= 15 is 0 Å². The van der Waals surface area contributed by atoms with Gasteiger partial charge in [0.1, 0.15) is 11.6 Å². The van der Waals surface area contributed by atoms with Gasteiger partial charge in [0, 0.05) is 12.6 Å². The third kappa shape index (κ3) is 6.12. The molecule has 0 fully saturated rings. The van der Waals surface area contributed by atoms with Crippen LogP contribution in [0.3, 0.4) is 0 Å². The molecule has 21 heavy (non-hydrogen) atoms. The molecule has 0 saturated carbocycles. The van der Waals surface area contributed by atoms with Gasteiger partial charge < -0.3 is 19.8 Å². The number of methoxy groups -OCH3 is 1.